The third-order valence-corrected chi connectivity index (χ3v) is 11.7. The molecule has 6 aliphatic rings. The van der Waals surface area contributed by atoms with Gasteiger partial charge in [0.15, 0.2) is 6.29 Å². The minimum Gasteiger partial charge on any atom is -0.497 e. The zero-order valence-electron chi connectivity index (χ0n) is 24.2. The van der Waals surface area contributed by atoms with E-state index >= 15 is 0 Å². The number of fused-ring (bicyclic) bond motifs is 1. The minimum atomic E-state index is -0.0824. The lowest BCUT2D eigenvalue weighted by molar-refractivity contribution is -0.141. The molecule has 2 aromatic carbocycles. The summed E-state index contributed by atoms with van der Waals surface area (Å²) in [6.45, 7) is 2.13. The molecule has 4 heteroatoms. The molecule has 5 aliphatic carbocycles. The Morgan fingerprint density at radius 3 is 2.03 bits per heavy atom. The van der Waals surface area contributed by atoms with Crippen molar-refractivity contribution in [2.45, 2.75) is 76.4 Å². The Morgan fingerprint density at radius 2 is 1.44 bits per heavy atom. The zero-order valence-corrected chi connectivity index (χ0v) is 24.2. The van der Waals surface area contributed by atoms with Crippen LogP contribution >= 0.6 is 0 Å². The van der Waals surface area contributed by atoms with Crippen molar-refractivity contribution < 1.29 is 14.2 Å². The van der Waals surface area contributed by atoms with Gasteiger partial charge in [-0.25, -0.2) is 0 Å². The maximum atomic E-state index is 5.65. The summed E-state index contributed by atoms with van der Waals surface area (Å²) in [6, 6.07) is 16.7. The summed E-state index contributed by atoms with van der Waals surface area (Å²) < 4.78 is 16.8. The van der Waals surface area contributed by atoms with Crippen molar-refractivity contribution in [2.75, 3.05) is 39.3 Å². The van der Waals surface area contributed by atoms with E-state index in [1.807, 2.05) is 0 Å². The Kier molecular flexibility index (Phi) is 6.92. The van der Waals surface area contributed by atoms with Gasteiger partial charge >= 0.3 is 0 Å². The van der Waals surface area contributed by atoms with Gasteiger partial charge in [-0.2, -0.15) is 0 Å². The molecule has 0 N–H and O–H groups in total. The van der Waals surface area contributed by atoms with Crippen LogP contribution in [0.2, 0.25) is 0 Å². The van der Waals surface area contributed by atoms with Gasteiger partial charge in [0.25, 0.3) is 0 Å². The van der Waals surface area contributed by atoms with E-state index in [0.29, 0.717) is 17.3 Å². The number of piperidine rings is 1. The van der Waals surface area contributed by atoms with Crippen LogP contribution in [0.1, 0.15) is 80.4 Å². The monoisotopic (exact) mass is 529 g/mol. The highest BCUT2D eigenvalue weighted by Gasteiger charge is 2.56. The van der Waals surface area contributed by atoms with Gasteiger partial charge in [0, 0.05) is 44.8 Å². The van der Waals surface area contributed by atoms with Crippen LogP contribution in [-0.2, 0) is 15.9 Å². The van der Waals surface area contributed by atoms with Crippen molar-refractivity contribution in [3.8, 4) is 5.75 Å². The average molecular weight is 530 g/mol. The predicted molar refractivity (Wildman–Crippen MR) is 156 cm³/mol. The molecule has 0 amide bonds. The molecule has 4 bridgehead atoms. The zero-order chi connectivity index (χ0) is 26.6. The molecular formula is C35H47NO3. The van der Waals surface area contributed by atoms with Crippen molar-refractivity contribution in [1.29, 1.82) is 0 Å². The van der Waals surface area contributed by atoms with E-state index < -0.39 is 0 Å². The average Bonchev–Trinajstić information content (AvgIpc) is 2.96. The minimum absolute atomic E-state index is 0.0824. The van der Waals surface area contributed by atoms with Crippen LogP contribution in [0.25, 0.3) is 0 Å². The summed E-state index contributed by atoms with van der Waals surface area (Å²) >= 11 is 0. The van der Waals surface area contributed by atoms with Gasteiger partial charge in [-0.05, 0) is 134 Å². The fourth-order valence-electron chi connectivity index (χ4n) is 10.4. The topological polar surface area (TPSA) is 30.9 Å². The molecule has 8 rings (SSSR count). The molecule has 210 valence electrons. The standard InChI is InChI=1S/C35H47NO3/c1-37-30-9-10-31-28(19-30)6-11-32(35-20-23-16-24(21-35)18-25(17-23)22-35)33(31)26-4-7-29(8-5-26)36-14-12-27(13-15-36)34(38-2)39-3/h4-5,7-10,19,23-25,27,32-34H,6,11-18,20-22H2,1-3H3/t23?,24?,25?,32-,33+,35?/m0/s1. The number of hydrogen-bond acceptors (Lipinski definition) is 4. The van der Waals surface area contributed by atoms with Gasteiger partial charge in [-0.3, -0.25) is 0 Å². The lowest BCUT2D eigenvalue weighted by Gasteiger charge is -2.61. The first kappa shape index (κ1) is 25.9. The number of methoxy groups -OCH3 is 3. The highest BCUT2D eigenvalue weighted by atomic mass is 16.7. The number of nitrogens with zero attached hydrogens (tertiary/aromatic N) is 1. The van der Waals surface area contributed by atoms with E-state index in [4.69, 9.17) is 14.2 Å². The summed E-state index contributed by atoms with van der Waals surface area (Å²) in [5.74, 6) is 5.73. The first-order chi connectivity index (χ1) is 19.1. The van der Waals surface area contributed by atoms with E-state index in [1.165, 1.54) is 68.2 Å². The van der Waals surface area contributed by atoms with Crippen molar-refractivity contribution >= 4 is 5.69 Å². The SMILES string of the molecule is COc1ccc2c(c1)CC[C@H](C13CC4CC(CC(C4)C1)C3)[C@@H]2c1ccc(N2CCC(C(OC)OC)CC2)cc1. The summed E-state index contributed by atoms with van der Waals surface area (Å²) in [5.41, 5.74) is 6.52. The third-order valence-electron chi connectivity index (χ3n) is 11.7. The van der Waals surface area contributed by atoms with Crippen LogP contribution in [0.3, 0.4) is 0 Å². The van der Waals surface area contributed by atoms with Crippen LogP contribution in [-0.4, -0.2) is 40.7 Å². The van der Waals surface area contributed by atoms with E-state index in [2.05, 4.69) is 47.4 Å². The maximum absolute atomic E-state index is 5.65. The number of hydrogen-bond donors (Lipinski definition) is 0. The number of anilines is 1. The molecule has 5 fully saturated rings. The van der Waals surface area contributed by atoms with Crippen molar-refractivity contribution in [2.24, 2.45) is 35.0 Å². The lowest BCUT2D eigenvalue weighted by Crippen LogP contribution is -2.51. The molecule has 0 aromatic heterocycles. The van der Waals surface area contributed by atoms with E-state index in [9.17, 15) is 0 Å². The molecule has 4 saturated carbocycles. The molecule has 1 aliphatic heterocycles. The molecule has 4 nitrogen and oxygen atoms in total. The van der Waals surface area contributed by atoms with E-state index in [0.717, 1.165) is 55.4 Å². The first-order valence-electron chi connectivity index (χ1n) is 15.7. The highest BCUT2D eigenvalue weighted by Crippen LogP contribution is 2.66. The molecule has 0 radical (unpaired) electrons. The number of ether oxygens (including phenoxy) is 3. The fraction of sp³-hybridized carbons (Fsp3) is 0.657. The Hall–Kier alpha value is -2.04. The van der Waals surface area contributed by atoms with Crippen LogP contribution in [0.15, 0.2) is 42.5 Å². The Balaban J connectivity index is 1.18. The quantitative estimate of drug-likeness (QED) is 0.349. The number of rotatable bonds is 7. The van der Waals surface area contributed by atoms with Crippen LogP contribution in [0, 0.1) is 35.0 Å². The highest BCUT2D eigenvalue weighted by molar-refractivity contribution is 5.51. The van der Waals surface area contributed by atoms with Crippen molar-refractivity contribution in [3.05, 3.63) is 59.2 Å². The molecule has 0 unspecified atom stereocenters. The third kappa shape index (κ3) is 4.60. The van der Waals surface area contributed by atoms with Crippen LogP contribution in [0.4, 0.5) is 5.69 Å². The second kappa shape index (κ2) is 10.4. The molecule has 1 heterocycles. The molecule has 2 aromatic rings. The molecule has 39 heavy (non-hydrogen) atoms. The summed E-state index contributed by atoms with van der Waals surface area (Å²) in [5, 5.41) is 0. The van der Waals surface area contributed by atoms with E-state index in [1.54, 1.807) is 26.9 Å². The van der Waals surface area contributed by atoms with Gasteiger partial charge in [-0.1, -0.05) is 18.2 Å². The Morgan fingerprint density at radius 1 is 0.795 bits per heavy atom. The second-order valence-corrected chi connectivity index (χ2v) is 13.7. The van der Waals surface area contributed by atoms with Crippen molar-refractivity contribution in [3.63, 3.8) is 0 Å². The Bertz CT molecular complexity index is 1110. The Labute approximate surface area is 235 Å². The normalized spacial score (nSPS) is 33.9. The van der Waals surface area contributed by atoms with Gasteiger partial charge in [-0.15, -0.1) is 0 Å². The molecule has 1 saturated heterocycles. The summed E-state index contributed by atoms with van der Waals surface area (Å²) in [7, 11) is 5.32. The van der Waals surface area contributed by atoms with Gasteiger partial charge in [0.1, 0.15) is 5.75 Å². The number of aryl methyl sites for hydroxylation is 1. The van der Waals surface area contributed by atoms with Gasteiger partial charge in [0.05, 0.1) is 7.11 Å². The largest absolute Gasteiger partial charge is 0.497 e. The second-order valence-electron chi connectivity index (χ2n) is 13.7. The van der Waals surface area contributed by atoms with Gasteiger partial charge < -0.3 is 19.1 Å². The number of benzene rings is 2. The lowest BCUT2D eigenvalue weighted by atomic mass is 9.43. The van der Waals surface area contributed by atoms with Gasteiger partial charge in [0.2, 0.25) is 0 Å². The van der Waals surface area contributed by atoms with Crippen molar-refractivity contribution in [1.82, 2.24) is 0 Å². The molecule has 0 spiro atoms. The predicted octanol–water partition coefficient (Wildman–Crippen LogP) is 7.44. The molecular weight excluding hydrogens is 482 g/mol. The van der Waals surface area contributed by atoms with Crippen LogP contribution in [0.5, 0.6) is 5.75 Å². The fourth-order valence-corrected chi connectivity index (χ4v) is 10.4. The van der Waals surface area contributed by atoms with Crippen LogP contribution < -0.4 is 9.64 Å². The maximum Gasteiger partial charge on any atom is 0.159 e. The molecule has 2 atom stereocenters. The smallest absolute Gasteiger partial charge is 0.159 e. The summed E-state index contributed by atoms with van der Waals surface area (Å²) in [6.07, 6.45) is 13.7. The van der Waals surface area contributed by atoms with E-state index in [-0.39, 0.29) is 6.29 Å². The summed E-state index contributed by atoms with van der Waals surface area (Å²) in [4.78, 5) is 2.55. The first-order valence-corrected chi connectivity index (χ1v) is 15.7.